The quantitative estimate of drug-likeness (QED) is 0.815. The van der Waals surface area contributed by atoms with Crippen LogP contribution in [0.25, 0.3) is 5.65 Å². The van der Waals surface area contributed by atoms with Crippen molar-refractivity contribution in [3.8, 4) is 0 Å². The first-order valence-electron chi connectivity index (χ1n) is 5.83. The van der Waals surface area contributed by atoms with E-state index in [-0.39, 0.29) is 6.03 Å². The molecular weight excluding hydrogens is 268 g/mol. The molecule has 0 saturated carbocycles. The van der Waals surface area contributed by atoms with Crippen LogP contribution >= 0.6 is 11.6 Å². The van der Waals surface area contributed by atoms with E-state index in [1.54, 1.807) is 19.4 Å². The first-order valence-corrected chi connectivity index (χ1v) is 6.20. The zero-order chi connectivity index (χ0) is 13.7. The lowest BCUT2D eigenvalue weighted by atomic mass is 10.5. The molecule has 0 fully saturated rings. The number of methoxy groups -OCH3 is 1. The smallest absolute Gasteiger partial charge is 0.315 e. The number of ether oxygens (including phenoxy) is 1. The van der Waals surface area contributed by atoms with Crippen molar-refractivity contribution in [3.05, 3.63) is 35.2 Å². The second-order valence-electron chi connectivity index (χ2n) is 3.95. The minimum atomic E-state index is -0.243. The number of hydrogen-bond acceptors (Lipinski definition) is 3. The summed E-state index contributed by atoms with van der Waals surface area (Å²) in [5, 5.41) is 6.03. The molecule has 0 spiro atoms. The molecule has 0 aliphatic heterocycles. The van der Waals surface area contributed by atoms with Crippen molar-refractivity contribution in [3.63, 3.8) is 0 Å². The van der Waals surface area contributed by atoms with Crippen LogP contribution in [0.15, 0.2) is 24.5 Å². The van der Waals surface area contributed by atoms with Crippen molar-refractivity contribution in [2.45, 2.75) is 6.54 Å². The first-order chi connectivity index (χ1) is 9.19. The van der Waals surface area contributed by atoms with E-state index in [2.05, 4.69) is 15.6 Å². The first kappa shape index (κ1) is 13.6. The van der Waals surface area contributed by atoms with Gasteiger partial charge in [-0.3, -0.25) is 0 Å². The largest absolute Gasteiger partial charge is 0.383 e. The summed E-state index contributed by atoms with van der Waals surface area (Å²) in [4.78, 5) is 15.8. The highest BCUT2D eigenvalue weighted by molar-refractivity contribution is 6.30. The van der Waals surface area contributed by atoms with E-state index < -0.39 is 0 Å². The second-order valence-corrected chi connectivity index (χ2v) is 4.38. The van der Waals surface area contributed by atoms with Gasteiger partial charge in [-0.05, 0) is 12.1 Å². The van der Waals surface area contributed by atoms with Gasteiger partial charge in [-0.2, -0.15) is 0 Å². The summed E-state index contributed by atoms with van der Waals surface area (Å²) in [5.41, 5.74) is 1.56. The third-order valence-corrected chi connectivity index (χ3v) is 2.71. The summed E-state index contributed by atoms with van der Waals surface area (Å²) in [6.45, 7) is 1.32. The van der Waals surface area contributed by atoms with Crippen LogP contribution in [-0.2, 0) is 11.3 Å². The molecule has 0 aliphatic carbocycles. The monoisotopic (exact) mass is 282 g/mol. The normalized spacial score (nSPS) is 10.6. The van der Waals surface area contributed by atoms with Gasteiger partial charge in [0.25, 0.3) is 0 Å². The van der Waals surface area contributed by atoms with E-state index in [9.17, 15) is 4.79 Å². The predicted molar refractivity (Wildman–Crippen MR) is 72.3 cm³/mol. The summed E-state index contributed by atoms with van der Waals surface area (Å²) in [6, 6.07) is 3.36. The van der Waals surface area contributed by atoms with Crippen molar-refractivity contribution in [2.24, 2.45) is 0 Å². The van der Waals surface area contributed by atoms with Gasteiger partial charge < -0.3 is 19.8 Å². The summed E-state index contributed by atoms with van der Waals surface area (Å²) in [7, 11) is 1.58. The van der Waals surface area contributed by atoms with E-state index in [4.69, 9.17) is 16.3 Å². The van der Waals surface area contributed by atoms with Gasteiger partial charge in [0, 0.05) is 26.0 Å². The minimum absolute atomic E-state index is 0.243. The molecule has 0 aromatic carbocycles. The van der Waals surface area contributed by atoms with Gasteiger partial charge in [0.05, 0.1) is 23.9 Å². The third kappa shape index (κ3) is 3.84. The van der Waals surface area contributed by atoms with Crippen LogP contribution in [0.5, 0.6) is 0 Å². The molecule has 0 atom stereocenters. The maximum atomic E-state index is 11.4. The molecule has 2 aromatic rings. The summed E-state index contributed by atoms with van der Waals surface area (Å²) < 4.78 is 6.66. The molecule has 19 heavy (non-hydrogen) atoms. The number of aromatic nitrogens is 2. The maximum Gasteiger partial charge on any atom is 0.315 e. The lowest BCUT2D eigenvalue weighted by Crippen LogP contribution is -2.36. The Kier molecular flexibility index (Phi) is 4.59. The van der Waals surface area contributed by atoms with E-state index >= 15 is 0 Å². The second kappa shape index (κ2) is 6.40. The van der Waals surface area contributed by atoms with E-state index in [0.717, 1.165) is 11.3 Å². The zero-order valence-electron chi connectivity index (χ0n) is 10.5. The highest BCUT2D eigenvalue weighted by Crippen LogP contribution is 2.11. The molecular formula is C12H15ClN4O2. The Morgan fingerprint density at radius 2 is 2.26 bits per heavy atom. The number of halogens is 1. The maximum absolute atomic E-state index is 11.4. The van der Waals surface area contributed by atoms with Crippen molar-refractivity contribution in [2.75, 3.05) is 20.3 Å². The molecule has 6 nitrogen and oxygen atoms in total. The number of urea groups is 1. The Labute approximate surface area is 115 Å². The number of imidazole rings is 1. The average molecular weight is 283 g/mol. The molecule has 0 unspecified atom stereocenters. The number of fused-ring (bicyclic) bond motifs is 1. The molecule has 2 amide bonds. The van der Waals surface area contributed by atoms with E-state index in [1.807, 2.05) is 16.7 Å². The number of carbonyl (C=O) groups is 1. The van der Waals surface area contributed by atoms with E-state index in [1.165, 1.54) is 0 Å². The van der Waals surface area contributed by atoms with Crippen LogP contribution in [-0.4, -0.2) is 35.7 Å². The molecule has 2 N–H and O–H groups in total. The van der Waals surface area contributed by atoms with Crippen LogP contribution in [0.2, 0.25) is 5.02 Å². The van der Waals surface area contributed by atoms with Gasteiger partial charge in [-0.1, -0.05) is 11.6 Å². The zero-order valence-corrected chi connectivity index (χ0v) is 11.3. The van der Waals surface area contributed by atoms with Crippen LogP contribution in [0, 0.1) is 0 Å². The molecule has 0 saturated heterocycles. The number of amides is 2. The lowest BCUT2D eigenvalue weighted by Gasteiger charge is -2.05. The molecule has 2 rings (SSSR count). The van der Waals surface area contributed by atoms with E-state index in [0.29, 0.717) is 24.7 Å². The van der Waals surface area contributed by atoms with Crippen LogP contribution in [0.4, 0.5) is 4.79 Å². The topological polar surface area (TPSA) is 67.7 Å². The van der Waals surface area contributed by atoms with Gasteiger partial charge in [-0.25, -0.2) is 9.78 Å². The summed E-state index contributed by atoms with van der Waals surface area (Å²) in [5.74, 6) is 0. The summed E-state index contributed by atoms with van der Waals surface area (Å²) in [6.07, 6.45) is 3.60. The van der Waals surface area contributed by atoms with Gasteiger partial charge in [0.2, 0.25) is 0 Å². The van der Waals surface area contributed by atoms with Gasteiger partial charge >= 0.3 is 6.03 Å². The molecule has 2 aromatic heterocycles. The molecule has 102 valence electrons. The fraction of sp³-hybridized carbons (Fsp3) is 0.333. The minimum Gasteiger partial charge on any atom is -0.383 e. The SMILES string of the molecule is COCCNC(=O)NCc1cn2cc(Cl)ccc2n1. The highest BCUT2D eigenvalue weighted by Gasteiger charge is 2.04. The van der Waals surface area contributed by atoms with Crippen molar-refractivity contribution < 1.29 is 9.53 Å². The Hall–Kier alpha value is -1.79. The van der Waals surface area contributed by atoms with Gasteiger partial charge in [-0.15, -0.1) is 0 Å². The Balaban J connectivity index is 1.89. The highest BCUT2D eigenvalue weighted by atomic mass is 35.5. The van der Waals surface area contributed by atoms with Crippen molar-refractivity contribution >= 4 is 23.3 Å². The van der Waals surface area contributed by atoms with Crippen LogP contribution < -0.4 is 10.6 Å². The molecule has 0 bridgehead atoms. The van der Waals surface area contributed by atoms with Crippen LogP contribution in [0.1, 0.15) is 5.69 Å². The fourth-order valence-electron chi connectivity index (χ4n) is 1.60. The molecule has 0 aliphatic rings. The standard InChI is InChI=1S/C12H15ClN4O2/c1-19-5-4-14-12(18)15-6-10-8-17-7-9(13)2-3-11(17)16-10/h2-3,7-8H,4-6H2,1H3,(H2,14,15,18). The Morgan fingerprint density at radius 3 is 3.05 bits per heavy atom. The fourth-order valence-corrected chi connectivity index (χ4v) is 1.77. The number of nitrogens with one attached hydrogen (secondary N) is 2. The molecule has 2 heterocycles. The summed E-state index contributed by atoms with van der Waals surface area (Å²) >= 11 is 5.89. The van der Waals surface area contributed by atoms with Gasteiger partial charge in [0.1, 0.15) is 5.65 Å². The number of hydrogen-bond donors (Lipinski definition) is 2. The van der Waals surface area contributed by atoms with Gasteiger partial charge in [0.15, 0.2) is 0 Å². The van der Waals surface area contributed by atoms with Crippen molar-refractivity contribution in [1.82, 2.24) is 20.0 Å². The van der Waals surface area contributed by atoms with Crippen molar-refractivity contribution in [1.29, 1.82) is 0 Å². The molecule has 7 heteroatoms. The van der Waals surface area contributed by atoms with Crippen LogP contribution in [0.3, 0.4) is 0 Å². The molecule has 0 radical (unpaired) electrons. The number of nitrogens with zero attached hydrogens (tertiary/aromatic N) is 2. The third-order valence-electron chi connectivity index (χ3n) is 2.49. The number of pyridine rings is 1. The number of carbonyl (C=O) groups excluding carboxylic acids is 1. The lowest BCUT2D eigenvalue weighted by molar-refractivity contribution is 0.196. The number of rotatable bonds is 5. The Bertz CT molecular complexity index is 570. The predicted octanol–water partition coefficient (Wildman–Crippen LogP) is 1.43. The average Bonchev–Trinajstić information content (AvgIpc) is 2.78. The Morgan fingerprint density at radius 1 is 1.42 bits per heavy atom.